The molecule has 1 saturated heterocycles. The quantitative estimate of drug-likeness (QED) is 0.776. The molecular formula is C19H19ClFN3O4S. The van der Waals surface area contributed by atoms with Crippen LogP contribution in [0.5, 0.6) is 0 Å². The lowest BCUT2D eigenvalue weighted by atomic mass is 10.1. The van der Waals surface area contributed by atoms with Gasteiger partial charge in [-0.2, -0.15) is 0 Å². The molecule has 1 heterocycles. The average Bonchev–Trinajstić information content (AvgIpc) is 3.06. The van der Waals surface area contributed by atoms with E-state index in [2.05, 4.69) is 5.32 Å². The first-order valence-electron chi connectivity index (χ1n) is 8.68. The van der Waals surface area contributed by atoms with Crippen LogP contribution in [0.15, 0.2) is 47.4 Å². The highest BCUT2D eigenvalue weighted by molar-refractivity contribution is 7.89. The summed E-state index contributed by atoms with van der Waals surface area (Å²) in [5, 5.41) is 2.52. The van der Waals surface area contributed by atoms with E-state index >= 15 is 0 Å². The summed E-state index contributed by atoms with van der Waals surface area (Å²) in [4.78, 5) is 26.4. The second kappa shape index (κ2) is 8.10. The van der Waals surface area contributed by atoms with Gasteiger partial charge in [-0.25, -0.2) is 17.1 Å². The Balaban J connectivity index is 1.71. The van der Waals surface area contributed by atoms with Crippen LogP contribution in [0.4, 0.5) is 15.8 Å². The van der Waals surface area contributed by atoms with E-state index in [0.717, 1.165) is 10.4 Å². The minimum absolute atomic E-state index is 0.0124. The van der Waals surface area contributed by atoms with E-state index in [4.69, 9.17) is 11.6 Å². The molecule has 29 heavy (non-hydrogen) atoms. The van der Waals surface area contributed by atoms with Gasteiger partial charge < -0.3 is 10.2 Å². The van der Waals surface area contributed by atoms with Gasteiger partial charge in [0, 0.05) is 38.4 Å². The van der Waals surface area contributed by atoms with Crippen LogP contribution in [0.3, 0.4) is 0 Å². The summed E-state index contributed by atoms with van der Waals surface area (Å²) in [5.74, 6) is -1.82. The van der Waals surface area contributed by atoms with E-state index in [9.17, 15) is 22.4 Å². The molecule has 2 amide bonds. The van der Waals surface area contributed by atoms with Gasteiger partial charge >= 0.3 is 0 Å². The summed E-state index contributed by atoms with van der Waals surface area (Å²) in [6.07, 6.45) is 0.0124. The number of amides is 2. The van der Waals surface area contributed by atoms with Crippen molar-refractivity contribution >= 4 is 44.8 Å². The number of nitrogens with zero attached hydrogens (tertiary/aromatic N) is 2. The van der Waals surface area contributed by atoms with E-state index in [1.54, 1.807) is 0 Å². The Bertz CT molecular complexity index is 1060. The van der Waals surface area contributed by atoms with Crippen LogP contribution in [0.25, 0.3) is 0 Å². The van der Waals surface area contributed by atoms with Gasteiger partial charge in [0.25, 0.3) is 0 Å². The minimum atomic E-state index is -3.57. The van der Waals surface area contributed by atoms with Crippen LogP contribution >= 0.6 is 11.6 Å². The first-order valence-corrected chi connectivity index (χ1v) is 10.5. The van der Waals surface area contributed by atoms with Gasteiger partial charge in [0.1, 0.15) is 5.82 Å². The summed E-state index contributed by atoms with van der Waals surface area (Å²) >= 11 is 5.71. The lowest BCUT2D eigenvalue weighted by Crippen LogP contribution is -2.28. The summed E-state index contributed by atoms with van der Waals surface area (Å²) < 4.78 is 38.6. The maximum atomic E-state index is 13.2. The Morgan fingerprint density at radius 2 is 1.86 bits per heavy atom. The van der Waals surface area contributed by atoms with Crippen molar-refractivity contribution in [3.63, 3.8) is 0 Å². The van der Waals surface area contributed by atoms with E-state index in [1.165, 1.54) is 55.4 Å². The van der Waals surface area contributed by atoms with Crippen molar-refractivity contribution in [3.8, 4) is 0 Å². The molecular weight excluding hydrogens is 421 g/mol. The minimum Gasteiger partial charge on any atom is -0.326 e. The number of carbonyl (C=O) groups excluding carboxylic acids is 2. The number of rotatable bonds is 5. The van der Waals surface area contributed by atoms with Gasteiger partial charge in [-0.3, -0.25) is 9.59 Å². The Kier molecular flexibility index (Phi) is 5.92. The molecule has 0 saturated carbocycles. The van der Waals surface area contributed by atoms with Crippen LogP contribution < -0.4 is 10.2 Å². The number of sulfonamides is 1. The van der Waals surface area contributed by atoms with Crippen molar-refractivity contribution in [1.29, 1.82) is 0 Å². The smallest absolute Gasteiger partial charge is 0.242 e. The number of nitrogens with one attached hydrogen (secondary N) is 1. The van der Waals surface area contributed by atoms with Gasteiger partial charge in [-0.05, 0) is 42.5 Å². The van der Waals surface area contributed by atoms with Gasteiger partial charge in [0.2, 0.25) is 21.8 Å². The predicted octanol–water partition coefficient (Wildman–Crippen LogP) is 2.72. The number of anilines is 2. The summed E-state index contributed by atoms with van der Waals surface area (Å²) in [6.45, 7) is 0.152. The fraction of sp³-hybridized carbons (Fsp3) is 0.263. The third-order valence-corrected chi connectivity index (χ3v) is 6.73. The molecule has 1 fully saturated rings. The van der Waals surface area contributed by atoms with Crippen LogP contribution in [0.2, 0.25) is 5.02 Å². The second-order valence-electron chi connectivity index (χ2n) is 6.80. The first kappa shape index (κ1) is 21.2. The zero-order valence-electron chi connectivity index (χ0n) is 15.7. The standard InChI is InChI=1S/C19H19ClFN3O4S/c1-23(2)29(27,28)15-6-4-14(5-7-15)24-11-12(9-18(24)25)19(26)22-13-3-8-17(21)16(20)10-13/h3-8,10,12H,9,11H2,1-2H3,(H,22,26)/t12-/m1/s1. The van der Waals surface area contributed by atoms with E-state index in [0.29, 0.717) is 11.4 Å². The largest absolute Gasteiger partial charge is 0.326 e. The molecule has 0 aromatic heterocycles. The van der Waals surface area contributed by atoms with Gasteiger partial charge in [0.15, 0.2) is 0 Å². The molecule has 0 bridgehead atoms. The average molecular weight is 440 g/mol. The lowest BCUT2D eigenvalue weighted by Gasteiger charge is -2.18. The number of benzene rings is 2. The van der Waals surface area contributed by atoms with E-state index in [-0.39, 0.29) is 34.7 Å². The zero-order chi connectivity index (χ0) is 21.3. The number of hydrogen-bond acceptors (Lipinski definition) is 4. The highest BCUT2D eigenvalue weighted by Crippen LogP contribution is 2.28. The summed E-state index contributed by atoms with van der Waals surface area (Å²) in [5.41, 5.74) is 0.846. The fourth-order valence-electron chi connectivity index (χ4n) is 2.96. The summed E-state index contributed by atoms with van der Waals surface area (Å²) in [6, 6.07) is 9.75. The van der Waals surface area contributed by atoms with Crippen molar-refractivity contribution in [2.75, 3.05) is 30.9 Å². The van der Waals surface area contributed by atoms with Crippen molar-refractivity contribution in [1.82, 2.24) is 4.31 Å². The van der Waals surface area contributed by atoms with Crippen molar-refractivity contribution in [2.24, 2.45) is 5.92 Å². The van der Waals surface area contributed by atoms with Crippen molar-refractivity contribution in [2.45, 2.75) is 11.3 Å². The van der Waals surface area contributed by atoms with Gasteiger partial charge in [0.05, 0.1) is 15.8 Å². The molecule has 1 N–H and O–H groups in total. The van der Waals surface area contributed by atoms with Gasteiger partial charge in [-0.15, -0.1) is 0 Å². The van der Waals surface area contributed by atoms with E-state index in [1.807, 2.05) is 0 Å². The molecule has 10 heteroatoms. The highest BCUT2D eigenvalue weighted by atomic mass is 35.5. The topological polar surface area (TPSA) is 86.8 Å². The Morgan fingerprint density at radius 1 is 1.21 bits per heavy atom. The van der Waals surface area contributed by atoms with Crippen molar-refractivity contribution < 1.29 is 22.4 Å². The number of halogens is 2. The third kappa shape index (κ3) is 4.42. The normalized spacial score (nSPS) is 17.1. The lowest BCUT2D eigenvalue weighted by molar-refractivity contribution is -0.122. The molecule has 1 atom stereocenters. The maximum Gasteiger partial charge on any atom is 0.242 e. The number of carbonyl (C=O) groups is 2. The molecule has 2 aromatic rings. The highest BCUT2D eigenvalue weighted by Gasteiger charge is 2.35. The Hall–Kier alpha value is -2.49. The van der Waals surface area contributed by atoms with Crippen LogP contribution in [0, 0.1) is 11.7 Å². The number of hydrogen-bond donors (Lipinski definition) is 1. The monoisotopic (exact) mass is 439 g/mol. The Labute approximate surface area is 173 Å². The van der Waals surface area contributed by atoms with Crippen LogP contribution in [-0.2, 0) is 19.6 Å². The van der Waals surface area contributed by atoms with Gasteiger partial charge in [-0.1, -0.05) is 11.6 Å². The fourth-order valence-corrected chi connectivity index (χ4v) is 4.04. The molecule has 1 aliphatic rings. The SMILES string of the molecule is CN(C)S(=O)(=O)c1ccc(N2C[C@H](C(=O)Nc3ccc(F)c(Cl)c3)CC2=O)cc1. The third-order valence-electron chi connectivity index (χ3n) is 4.61. The van der Waals surface area contributed by atoms with Crippen LogP contribution in [0.1, 0.15) is 6.42 Å². The molecule has 3 rings (SSSR count). The summed E-state index contributed by atoms with van der Waals surface area (Å²) in [7, 11) is -0.697. The molecule has 7 nitrogen and oxygen atoms in total. The van der Waals surface area contributed by atoms with Crippen LogP contribution in [-0.4, -0.2) is 45.2 Å². The van der Waals surface area contributed by atoms with Crippen molar-refractivity contribution in [3.05, 3.63) is 53.3 Å². The predicted molar refractivity (Wildman–Crippen MR) is 108 cm³/mol. The molecule has 1 aliphatic heterocycles. The first-order chi connectivity index (χ1) is 13.6. The molecule has 0 unspecified atom stereocenters. The Morgan fingerprint density at radius 3 is 2.45 bits per heavy atom. The molecule has 0 aliphatic carbocycles. The molecule has 0 spiro atoms. The zero-order valence-corrected chi connectivity index (χ0v) is 17.3. The van der Waals surface area contributed by atoms with E-state index < -0.39 is 21.8 Å². The molecule has 2 aromatic carbocycles. The maximum absolute atomic E-state index is 13.2. The molecule has 154 valence electrons. The second-order valence-corrected chi connectivity index (χ2v) is 9.36. The molecule has 0 radical (unpaired) electrons.